The van der Waals surface area contributed by atoms with Crippen molar-refractivity contribution >= 4 is 11.0 Å². The van der Waals surface area contributed by atoms with Gasteiger partial charge in [-0.2, -0.15) is 12.1 Å². The Morgan fingerprint density at radius 3 is 2.05 bits per heavy atom. The van der Waals surface area contributed by atoms with E-state index >= 15 is 0 Å². The summed E-state index contributed by atoms with van der Waals surface area (Å²) < 4.78 is 96.8. The Morgan fingerprint density at radius 1 is 0.683 bits per heavy atom. The number of hydrogen-bond acceptors (Lipinski definition) is 2. The molecule has 5 heteroatoms. The summed E-state index contributed by atoms with van der Waals surface area (Å²) in [5.74, 6) is 0.857. The Labute approximate surface area is 381 Å². The zero-order valence-electron chi connectivity index (χ0n) is 43.5. The zero-order chi connectivity index (χ0) is 49.0. The van der Waals surface area contributed by atoms with Gasteiger partial charge in [-0.05, 0) is 62.0 Å². The Morgan fingerprint density at radius 2 is 1.33 bits per heavy atom. The maximum absolute atomic E-state index is 9.00. The fourth-order valence-electron chi connectivity index (χ4n) is 8.10. The van der Waals surface area contributed by atoms with Crippen LogP contribution in [0.1, 0.15) is 65.0 Å². The monoisotopic (exact) mass is 966 g/mol. The van der Waals surface area contributed by atoms with Gasteiger partial charge in [-0.25, -0.2) is 0 Å². The van der Waals surface area contributed by atoms with Crippen LogP contribution in [0.5, 0.6) is 11.5 Å². The van der Waals surface area contributed by atoms with E-state index in [-0.39, 0.29) is 59.8 Å². The molecular formula is C55H43N3OPt-2. The fourth-order valence-corrected chi connectivity index (χ4v) is 8.10. The standard InChI is InChI=1S/C55H43N3O.Pt/c1-54(2,3)39-31-32-56-49(33-39)45-25-16-26-48-52(45)46-35-42(29-30-47(46)55(48,4)5)59-41-22-14-21-40(34-41)57-36-58(51-28-13-12-27-50(51)57)53-43(37-17-8-6-9-18-37)23-15-24-44(53)38-19-10-7-11-20-38;/h6-33H,1-5H3;/q-2;/i6D,7D,8D,9D,10D,11D,17D,18D,19D,20D;. The van der Waals surface area contributed by atoms with E-state index in [2.05, 4.69) is 89.5 Å². The number of rotatable bonds is 7. The van der Waals surface area contributed by atoms with Crippen molar-refractivity contribution < 1.29 is 44.1 Å². The molecule has 1 aliphatic carbocycles. The smallest absolute Gasteiger partial charge is 0.268 e. The van der Waals surface area contributed by atoms with Crippen LogP contribution in [-0.2, 0) is 31.9 Å². The molecule has 0 aliphatic heterocycles. The molecule has 0 amide bonds. The molecule has 7 aromatic carbocycles. The van der Waals surface area contributed by atoms with Crippen molar-refractivity contribution in [3.63, 3.8) is 0 Å². The van der Waals surface area contributed by atoms with Gasteiger partial charge in [0.05, 0.1) is 36.1 Å². The molecule has 2 heterocycles. The molecule has 0 bridgehead atoms. The van der Waals surface area contributed by atoms with Gasteiger partial charge in [-0.3, -0.25) is 9.55 Å². The van der Waals surface area contributed by atoms with Gasteiger partial charge in [-0.15, -0.1) is 35.4 Å². The molecule has 0 saturated carbocycles. The average Bonchev–Trinajstić information content (AvgIpc) is 3.83. The van der Waals surface area contributed by atoms with E-state index in [0.29, 0.717) is 28.2 Å². The van der Waals surface area contributed by atoms with Crippen molar-refractivity contribution in [3.8, 4) is 67.5 Å². The minimum Gasteiger partial charge on any atom is -0.503 e. The van der Waals surface area contributed by atoms with Crippen molar-refractivity contribution in [2.45, 2.75) is 45.4 Å². The Kier molecular flexibility index (Phi) is 7.41. The summed E-state index contributed by atoms with van der Waals surface area (Å²) in [4.78, 5) is 4.83. The molecule has 60 heavy (non-hydrogen) atoms. The van der Waals surface area contributed by atoms with Crippen LogP contribution in [0.15, 0.2) is 170 Å². The third-order valence-corrected chi connectivity index (χ3v) is 11.1. The molecule has 9 aromatic rings. The number of ether oxygens (including phenoxy) is 1. The maximum Gasteiger partial charge on any atom is 0.268 e. The van der Waals surface area contributed by atoms with Crippen LogP contribution in [0.4, 0.5) is 0 Å². The Bertz CT molecular complexity index is 3490. The number of para-hydroxylation sites is 3. The molecular weight excluding hydrogens is 914 g/mol. The Balaban J connectivity index is 0.00000608. The third kappa shape index (κ3) is 6.79. The first kappa shape index (κ1) is 29.0. The normalized spacial score (nSPS) is 15.1. The zero-order valence-corrected chi connectivity index (χ0v) is 35.7. The summed E-state index contributed by atoms with van der Waals surface area (Å²) in [6.07, 6.45) is 5.28. The molecule has 10 rings (SSSR count). The quantitative estimate of drug-likeness (QED) is 0.118. The van der Waals surface area contributed by atoms with E-state index in [9.17, 15) is 0 Å². The summed E-state index contributed by atoms with van der Waals surface area (Å²) in [6.45, 7) is 11.0. The average molecular weight is 967 g/mol. The van der Waals surface area contributed by atoms with Crippen LogP contribution in [0.2, 0.25) is 0 Å². The summed E-state index contributed by atoms with van der Waals surface area (Å²) in [7, 11) is 0. The summed E-state index contributed by atoms with van der Waals surface area (Å²) in [6, 6.07) is 33.9. The fraction of sp³-hybridized carbons (Fsp3) is 0.127. The van der Waals surface area contributed by atoms with Gasteiger partial charge in [0.15, 0.2) is 0 Å². The van der Waals surface area contributed by atoms with Crippen LogP contribution < -0.4 is 9.30 Å². The number of pyridine rings is 1. The minimum absolute atomic E-state index is 0. The number of benzene rings is 7. The van der Waals surface area contributed by atoms with Crippen LogP contribution >= 0.6 is 0 Å². The second kappa shape index (κ2) is 15.4. The number of hydrogen-bond donors (Lipinski definition) is 0. The molecule has 0 unspecified atom stereocenters. The van der Waals surface area contributed by atoms with Gasteiger partial charge in [0.25, 0.3) is 6.33 Å². The number of aromatic nitrogens is 3. The van der Waals surface area contributed by atoms with E-state index in [1.165, 1.54) is 11.1 Å². The number of nitrogens with zero attached hydrogens (tertiary/aromatic N) is 3. The molecule has 2 aromatic heterocycles. The predicted octanol–water partition coefficient (Wildman–Crippen LogP) is 13.1. The molecule has 0 spiro atoms. The van der Waals surface area contributed by atoms with Crippen molar-refractivity contribution in [3.05, 3.63) is 205 Å². The minimum atomic E-state index is -0.569. The predicted molar refractivity (Wildman–Crippen MR) is 238 cm³/mol. The molecule has 4 nitrogen and oxygen atoms in total. The van der Waals surface area contributed by atoms with Gasteiger partial charge >= 0.3 is 0 Å². The van der Waals surface area contributed by atoms with Gasteiger partial charge in [0, 0.05) is 38.8 Å². The van der Waals surface area contributed by atoms with Crippen LogP contribution in [0.25, 0.3) is 67.0 Å². The van der Waals surface area contributed by atoms with Crippen molar-refractivity contribution in [2.75, 3.05) is 0 Å². The topological polar surface area (TPSA) is 30.9 Å². The molecule has 1 aliphatic rings. The van der Waals surface area contributed by atoms with Gasteiger partial charge < -0.3 is 9.30 Å². The van der Waals surface area contributed by atoms with Gasteiger partial charge in [0.2, 0.25) is 0 Å². The van der Waals surface area contributed by atoms with E-state index in [0.717, 1.165) is 27.9 Å². The van der Waals surface area contributed by atoms with Crippen LogP contribution in [0, 0.1) is 18.5 Å². The first-order valence-electron chi connectivity index (χ1n) is 24.4. The second-order valence-corrected chi connectivity index (χ2v) is 16.1. The van der Waals surface area contributed by atoms with Crippen molar-refractivity contribution in [2.24, 2.45) is 0 Å². The summed E-state index contributed by atoms with van der Waals surface area (Å²) in [5, 5.41) is 0. The van der Waals surface area contributed by atoms with E-state index < -0.39 is 60.4 Å². The van der Waals surface area contributed by atoms with Crippen LogP contribution in [0.3, 0.4) is 0 Å². The summed E-state index contributed by atoms with van der Waals surface area (Å²) >= 11 is 0. The largest absolute Gasteiger partial charge is 0.503 e. The first-order valence-corrected chi connectivity index (χ1v) is 19.4. The molecule has 296 valence electrons. The van der Waals surface area contributed by atoms with Crippen molar-refractivity contribution in [1.29, 1.82) is 0 Å². The molecule has 0 atom stereocenters. The molecule has 0 fully saturated rings. The molecule has 0 N–H and O–H groups in total. The third-order valence-electron chi connectivity index (χ3n) is 11.1. The SMILES string of the molecule is [2H]c1c([2H])c([2H])c(-c2cccc(-c3c([2H])c([2H])c([2H])c([2H])c3[2H])c2-[n+]2[c-]n(-c3[c-]c(Oc4[c-]c5c(cc4)C(C)(C)c4cccc(-c6cc(C(C)(C)C)ccn6)c4-5)ccc3)c3ccccc32)c([2H])c1[2H].[Pt]. The second-order valence-electron chi connectivity index (χ2n) is 16.1. The number of imidazole rings is 1. The van der Waals surface area contributed by atoms with E-state index in [4.69, 9.17) is 23.4 Å². The Hall–Kier alpha value is -6.35. The number of fused-ring (bicyclic) bond motifs is 4. The van der Waals surface area contributed by atoms with Gasteiger partial charge in [0.1, 0.15) is 0 Å². The first-order chi connectivity index (χ1) is 32.8. The molecule has 0 saturated heterocycles. The molecule has 0 radical (unpaired) electrons. The van der Waals surface area contributed by atoms with E-state index in [1.54, 1.807) is 33.4 Å². The van der Waals surface area contributed by atoms with Crippen molar-refractivity contribution in [1.82, 2.24) is 9.55 Å². The van der Waals surface area contributed by atoms with Gasteiger partial charge in [-0.1, -0.05) is 173 Å². The maximum atomic E-state index is 9.00. The van der Waals surface area contributed by atoms with Crippen LogP contribution in [-0.4, -0.2) is 9.55 Å². The van der Waals surface area contributed by atoms with E-state index in [1.807, 2.05) is 48.7 Å². The summed E-state index contributed by atoms with van der Waals surface area (Å²) in [5.41, 5.74) is 8.85.